The lowest BCUT2D eigenvalue weighted by atomic mass is 9.75. The van der Waals surface area contributed by atoms with Crippen molar-refractivity contribution in [2.75, 3.05) is 37.1 Å². The minimum atomic E-state index is -4.71. The van der Waals surface area contributed by atoms with E-state index in [0.29, 0.717) is 44.7 Å². The van der Waals surface area contributed by atoms with Gasteiger partial charge in [0.25, 0.3) is 38.0 Å². The van der Waals surface area contributed by atoms with Crippen LogP contribution < -0.4 is 9.47 Å². The van der Waals surface area contributed by atoms with Crippen LogP contribution in [0.5, 0.6) is 0 Å². The molecule has 20 nitrogen and oxygen atoms in total. The van der Waals surface area contributed by atoms with Crippen molar-refractivity contribution in [3.05, 3.63) is 131 Å². The molecule has 68 heavy (non-hydrogen) atoms. The zero-order chi connectivity index (χ0) is 50.0. The smallest absolute Gasteiger partial charge is 0.363 e. The maximum atomic E-state index is 13.1. The summed E-state index contributed by atoms with van der Waals surface area (Å²) in [5.74, 6) is -3.45. The Morgan fingerprint density at radius 1 is 0.868 bits per heavy atom. The lowest BCUT2D eigenvalue weighted by Crippen LogP contribution is -2.38. The average molecular weight is 996 g/mol. The minimum Gasteiger partial charge on any atom is -0.748 e. The van der Waals surface area contributed by atoms with Crippen LogP contribution in [0, 0.1) is 0 Å². The van der Waals surface area contributed by atoms with Gasteiger partial charge in [-0.15, -0.1) is 5.06 Å². The van der Waals surface area contributed by atoms with Crippen molar-refractivity contribution in [1.29, 1.82) is 0 Å². The zero-order valence-electron chi connectivity index (χ0n) is 37.6. The molecule has 1 fully saturated rings. The summed E-state index contributed by atoms with van der Waals surface area (Å²) in [6.07, 6.45) is 13.3. The fraction of sp³-hybridized carbons (Fsp3) is 0.333. The number of imide groups is 1. The van der Waals surface area contributed by atoms with Crippen LogP contribution in [-0.4, -0.2) is 111 Å². The fourth-order valence-electron chi connectivity index (χ4n) is 8.10. The maximum absolute atomic E-state index is 13.1. The minimum absolute atomic E-state index is 0.0119. The number of rotatable bonds is 18. The molecule has 2 N–H and O–H groups in total. The Balaban J connectivity index is 1.33. The van der Waals surface area contributed by atoms with Crippen molar-refractivity contribution < 1.29 is 72.3 Å². The quantitative estimate of drug-likeness (QED) is 0.0598. The molecule has 0 radical (unpaired) electrons. The largest absolute Gasteiger partial charge is 0.748 e. The first kappa shape index (κ1) is 51.2. The Morgan fingerprint density at radius 3 is 2.13 bits per heavy atom. The number of amides is 3. The number of pyridine rings is 1. The summed E-state index contributed by atoms with van der Waals surface area (Å²) in [4.78, 5) is 66.6. The van der Waals surface area contributed by atoms with Gasteiger partial charge in [0.05, 0.1) is 61.9 Å². The van der Waals surface area contributed by atoms with Gasteiger partial charge in [0.2, 0.25) is 0 Å². The van der Waals surface area contributed by atoms with E-state index in [0.717, 1.165) is 5.06 Å². The van der Waals surface area contributed by atoms with Crippen LogP contribution in [0.2, 0.25) is 0 Å². The van der Waals surface area contributed by atoms with E-state index in [4.69, 9.17) is 14.7 Å². The number of fused-ring (bicyclic) bond motifs is 2. The van der Waals surface area contributed by atoms with Gasteiger partial charge in [-0.05, 0) is 98.3 Å². The number of hydrogen-bond acceptors (Lipinski definition) is 15. The highest BCUT2D eigenvalue weighted by molar-refractivity contribution is 7.86. The summed E-state index contributed by atoms with van der Waals surface area (Å²) < 4.78 is 104. The lowest BCUT2D eigenvalue weighted by Gasteiger charge is -2.31. The predicted molar refractivity (Wildman–Crippen MR) is 245 cm³/mol. The molecule has 3 aliphatic rings. The Labute approximate surface area is 393 Å². The molecule has 1 aromatic heterocycles. The molecule has 3 aromatic rings. The van der Waals surface area contributed by atoms with Crippen molar-refractivity contribution >= 4 is 71.3 Å². The van der Waals surface area contributed by atoms with Crippen LogP contribution in [0.1, 0.15) is 83.9 Å². The van der Waals surface area contributed by atoms with Gasteiger partial charge in [0.1, 0.15) is 6.20 Å². The van der Waals surface area contributed by atoms with Gasteiger partial charge in [-0.3, -0.25) is 28.3 Å². The monoisotopic (exact) mass is 995 g/mol. The summed E-state index contributed by atoms with van der Waals surface area (Å²) >= 11 is 0. The molecule has 3 aliphatic heterocycles. The molecule has 6 rings (SSSR count). The van der Waals surface area contributed by atoms with Crippen molar-refractivity contribution in [2.24, 2.45) is 4.99 Å². The van der Waals surface area contributed by atoms with Crippen LogP contribution in [0.15, 0.2) is 113 Å². The number of carbonyl (C=O) groups excluding carboxylic acids is 4. The summed E-state index contributed by atoms with van der Waals surface area (Å²) in [5.41, 5.74) is 1.44. The molecule has 0 aliphatic carbocycles. The number of anilines is 1. The molecular formula is C45H49N5O15S3. The van der Waals surface area contributed by atoms with E-state index < -0.39 is 81.3 Å². The number of hydrogen-bond donors (Lipinski definition) is 2. The Morgan fingerprint density at radius 2 is 1.51 bits per heavy atom. The molecule has 0 saturated carbocycles. The molecule has 1 saturated heterocycles. The van der Waals surface area contributed by atoms with E-state index in [1.54, 1.807) is 77.1 Å². The van der Waals surface area contributed by atoms with Crippen LogP contribution in [-0.2, 0) is 67.0 Å². The third-order valence-corrected chi connectivity index (χ3v) is 14.2. The summed E-state index contributed by atoms with van der Waals surface area (Å²) in [6.45, 7) is 5.71. The number of aliphatic imine (C=N–C) groups is 1. The van der Waals surface area contributed by atoms with Crippen LogP contribution in [0.25, 0.3) is 0 Å². The summed E-state index contributed by atoms with van der Waals surface area (Å²) in [5, 5.41) is 1.47. The van der Waals surface area contributed by atoms with Crippen LogP contribution >= 0.6 is 0 Å². The molecule has 0 spiro atoms. The van der Waals surface area contributed by atoms with Gasteiger partial charge in [-0.1, -0.05) is 42.5 Å². The number of nitrogens with zero attached hydrogens (tertiary/aromatic N) is 5. The first-order valence-corrected chi connectivity index (χ1v) is 25.6. The fourth-order valence-corrected chi connectivity index (χ4v) is 9.58. The van der Waals surface area contributed by atoms with Gasteiger partial charge >= 0.3 is 11.8 Å². The maximum Gasteiger partial charge on any atom is 0.363 e. The highest BCUT2D eigenvalue weighted by Gasteiger charge is 2.46. The first-order chi connectivity index (χ1) is 31.8. The van der Waals surface area contributed by atoms with Gasteiger partial charge in [0.15, 0.2) is 5.71 Å². The number of carbonyl (C=O) groups is 4. The number of aromatic nitrogens is 1. The SMILES string of the molecule is CON(C)C(=O)c1cc2c([n+](CCCS(=O)(=O)[O-])c1)N=C(/C=C/C=C/C=C/C=C1/N(CCCS(=O)(=O)O)c3ccc(S(=O)(=O)O)cc3C1(C)c1ccc(C(=O)ON3C(=O)CCC3=O)cc1)C2(C)C. The molecule has 4 heterocycles. The molecule has 2 aromatic carbocycles. The molecule has 1 atom stereocenters. The number of aryl methyl sites for hydroxylation is 1. The zero-order valence-corrected chi connectivity index (χ0v) is 40.0. The van der Waals surface area contributed by atoms with Gasteiger partial charge < -0.3 is 14.3 Å². The van der Waals surface area contributed by atoms with E-state index in [1.807, 2.05) is 13.8 Å². The van der Waals surface area contributed by atoms with E-state index in [2.05, 4.69) is 0 Å². The molecule has 0 bridgehead atoms. The predicted octanol–water partition coefficient (Wildman–Crippen LogP) is 4.03. The third-order valence-electron chi connectivity index (χ3n) is 11.8. The van der Waals surface area contributed by atoms with E-state index in [-0.39, 0.29) is 49.9 Å². The molecular weight excluding hydrogens is 947 g/mol. The van der Waals surface area contributed by atoms with Crippen LogP contribution in [0.3, 0.4) is 0 Å². The third kappa shape index (κ3) is 11.2. The van der Waals surface area contributed by atoms with Gasteiger partial charge in [-0.25, -0.2) is 22.8 Å². The van der Waals surface area contributed by atoms with Crippen molar-refractivity contribution in [3.63, 3.8) is 0 Å². The molecule has 362 valence electrons. The van der Waals surface area contributed by atoms with Crippen molar-refractivity contribution in [3.8, 4) is 0 Å². The van der Waals surface area contributed by atoms with Crippen LogP contribution in [0.4, 0.5) is 11.5 Å². The second kappa shape index (κ2) is 19.8. The standard InChI is InChI=1S/C45H49N5O15S3/c1-44(2)35-27-31(42(53)47(4)64-5)29-48(23-11-25-66(55,56)57)41(35)46-37(44)13-9-7-6-8-10-14-38-45(3,32-17-15-30(16-18-32)43(54)65-50-39(51)21-22-40(50)52)34-28-33(68(61,62)63)19-20-36(34)49(38)24-12-26-67(58,59)60/h6-10,13-20,27-29H,11-12,21-26H2,1-5H3,(H2-,55,56,57,58,59,60,61,62,63). The summed E-state index contributed by atoms with van der Waals surface area (Å²) in [6, 6.07) is 11.6. The average Bonchev–Trinajstić information content (AvgIpc) is 3.81. The number of benzene rings is 2. The molecule has 1 unspecified atom stereocenters. The summed E-state index contributed by atoms with van der Waals surface area (Å²) in [7, 11) is -10.8. The highest BCUT2D eigenvalue weighted by atomic mass is 32.2. The van der Waals surface area contributed by atoms with Gasteiger partial charge in [0, 0.05) is 43.6 Å². The molecule has 3 amide bonds. The first-order valence-electron chi connectivity index (χ1n) is 20.9. The van der Waals surface area contributed by atoms with E-state index in [9.17, 15) is 58.1 Å². The van der Waals surface area contributed by atoms with Crippen molar-refractivity contribution in [1.82, 2.24) is 10.1 Å². The topological polar surface area (TPSA) is 279 Å². The highest BCUT2D eigenvalue weighted by Crippen LogP contribution is 2.52. The second-order valence-electron chi connectivity index (χ2n) is 16.7. The van der Waals surface area contributed by atoms with Crippen molar-refractivity contribution in [2.45, 2.75) is 68.7 Å². The number of hydroxylamine groups is 4. The Kier molecular flexibility index (Phi) is 14.9. The van der Waals surface area contributed by atoms with E-state index >= 15 is 0 Å². The number of allylic oxidation sites excluding steroid dienone is 8. The Hall–Kier alpha value is -6.21. The molecule has 23 heteroatoms. The van der Waals surface area contributed by atoms with Gasteiger partial charge in [-0.2, -0.15) is 16.8 Å². The lowest BCUT2D eigenvalue weighted by molar-refractivity contribution is -0.684. The second-order valence-corrected chi connectivity index (χ2v) is 21.2. The van der Waals surface area contributed by atoms with E-state index in [1.165, 1.54) is 50.7 Å². The normalized spacial score (nSPS) is 18.9. The Bertz CT molecular complexity index is 3040.